The zero-order valence-electron chi connectivity index (χ0n) is 12.5. The molecule has 0 atom stereocenters. The van der Waals surface area contributed by atoms with Gasteiger partial charge in [-0.15, -0.1) is 11.3 Å². The van der Waals surface area contributed by atoms with Crippen LogP contribution in [0.1, 0.15) is 4.88 Å². The number of carbonyl (C=O) groups is 1. The largest absolute Gasteiger partial charge is 0.323 e. The van der Waals surface area contributed by atoms with Gasteiger partial charge in [-0.05, 0) is 61.0 Å². The van der Waals surface area contributed by atoms with Crippen LogP contribution in [0.5, 0.6) is 0 Å². The van der Waals surface area contributed by atoms with Crippen molar-refractivity contribution in [1.82, 2.24) is 0 Å². The van der Waals surface area contributed by atoms with Crippen LogP contribution in [0.15, 0.2) is 60.7 Å². The van der Waals surface area contributed by atoms with Gasteiger partial charge in [0, 0.05) is 26.2 Å². The Bertz CT molecular complexity index is 827. The average molecular weight is 343 g/mol. The van der Waals surface area contributed by atoms with E-state index in [1.807, 2.05) is 24.3 Å². The van der Waals surface area contributed by atoms with E-state index < -0.39 is 0 Å². The number of hydrogen-bond acceptors (Lipinski definition) is 2. The van der Waals surface area contributed by atoms with Crippen molar-refractivity contribution >= 4 is 40.3 Å². The first-order valence-corrected chi connectivity index (χ1v) is 8.30. The summed E-state index contributed by atoms with van der Waals surface area (Å²) in [6.45, 7) is 2.08. The Morgan fingerprint density at radius 1 is 0.957 bits per heavy atom. The quantitative estimate of drug-likeness (QED) is 0.600. The van der Waals surface area contributed by atoms with Crippen molar-refractivity contribution in [3.05, 3.63) is 70.6 Å². The zero-order chi connectivity index (χ0) is 16.2. The number of halogens is 1. The van der Waals surface area contributed by atoms with Gasteiger partial charge < -0.3 is 10.6 Å². The van der Waals surface area contributed by atoms with E-state index in [0.29, 0.717) is 10.7 Å². The van der Waals surface area contributed by atoms with Crippen molar-refractivity contribution in [3.8, 4) is 10.4 Å². The van der Waals surface area contributed by atoms with Crippen LogP contribution in [0, 0.1) is 6.92 Å². The number of rotatable bonds is 3. The van der Waals surface area contributed by atoms with Crippen LogP contribution in [-0.4, -0.2) is 6.03 Å². The van der Waals surface area contributed by atoms with Crippen LogP contribution in [0.3, 0.4) is 0 Å². The Hall–Kier alpha value is -2.30. The van der Waals surface area contributed by atoms with Crippen molar-refractivity contribution in [1.29, 1.82) is 0 Å². The van der Waals surface area contributed by atoms with E-state index in [1.54, 1.807) is 35.6 Å². The molecule has 2 amide bonds. The highest BCUT2D eigenvalue weighted by Gasteiger charge is 2.05. The molecule has 0 aliphatic rings. The monoisotopic (exact) mass is 342 g/mol. The third kappa shape index (κ3) is 4.12. The maximum atomic E-state index is 12.1. The van der Waals surface area contributed by atoms with Crippen molar-refractivity contribution in [2.45, 2.75) is 6.92 Å². The molecule has 0 aliphatic carbocycles. The minimum atomic E-state index is -0.285. The minimum absolute atomic E-state index is 0.285. The lowest BCUT2D eigenvalue weighted by Gasteiger charge is -2.09. The fourth-order valence-corrected chi connectivity index (χ4v) is 3.16. The lowest BCUT2D eigenvalue weighted by atomic mass is 10.1. The molecule has 2 aromatic carbocycles. The number of hydrogen-bond donors (Lipinski definition) is 2. The molecule has 1 aromatic heterocycles. The first kappa shape index (κ1) is 15.6. The number of nitrogens with one attached hydrogen (secondary N) is 2. The number of benzene rings is 2. The summed E-state index contributed by atoms with van der Waals surface area (Å²) in [5.41, 5.74) is 2.53. The second-order valence-electron chi connectivity index (χ2n) is 5.08. The van der Waals surface area contributed by atoms with E-state index in [-0.39, 0.29) is 6.03 Å². The first-order chi connectivity index (χ1) is 11.1. The lowest BCUT2D eigenvalue weighted by molar-refractivity contribution is 0.262. The second kappa shape index (κ2) is 6.86. The number of anilines is 2. The van der Waals surface area contributed by atoms with E-state index in [0.717, 1.165) is 11.3 Å². The third-order valence-corrected chi connectivity index (χ3v) is 4.55. The summed E-state index contributed by atoms with van der Waals surface area (Å²) in [6.07, 6.45) is 0. The Kier molecular flexibility index (Phi) is 4.65. The molecule has 0 radical (unpaired) electrons. The second-order valence-corrected chi connectivity index (χ2v) is 6.80. The minimum Gasteiger partial charge on any atom is -0.308 e. The standard InChI is InChI=1S/C18H15ClN2OS/c1-12-5-10-17(23-12)13-3-2-4-16(11-13)21-18(22)20-15-8-6-14(19)7-9-15/h2-11H,1H3,(H2,20,21,22). The van der Waals surface area contributed by atoms with Crippen LogP contribution in [-0.2, 0) is 0 Å². The average Bonchev–Trinajstić information content (AvgIpc) is 2.96. The molecule has 0 fully saturated rings. The van der Waals surface area contributed by atoms with Crippen LogP contribution >= 0.6 is 22.9 Å². The predicted octanol–water partition coefficient (Wildman–Crippen LogP) is 6.02. The van der Waals surface area contributed by atoms with Crippen LogP contribution < -0.4 is 10.6 Å². The molecular formula is C18H15ClN2OS. The van der Waals surface area contributed by atoms with Gasteiger partial charge in [-0.25, -0.2) is 4.79 Å². The number of carbonyl (C=O) groups excluding carboxylic acids is 1. The summed E-state index contributed by atoms with van der Waals surface area (Å²) in [5, 5.41) is 6.25. The maximum Gasteiger partial charge on any atom is 0.323 e. The molecule has 2 N–H and O–H groups in total. The molecule has 116 valence electrons. The fourth-order valence-electron chi connectivity index (χ4n) is 2.17. The fraction of sp³-hybridized carbons (Fsp3) is 0.0556. The highest BCUT2D eigenvalue weighted by atomic mass is 35.5. The SMILES string of the molecule is Cc1ccc(-c2cccc(NC(=O)Nc3ccc(Cl)cc3)c2)s1. The van der Waals surface area contributed by atoms with Crippen molar-refractivity contribution in [3.63, 3.8) is 0 Å². The molecule has 5 heteroatoms. The van der Waals surface area contributed by atoms with Crippen LogP contribution in [0.25, 0.3) is 10.4 Å². The van der Waals surface area contributed by atoms with E-state index in [1.165, 1.54) is 9.75 Å². The first-order valence-electron chi connectivity index (χ1n) is 7.10. The molecule has 0 saturated heterocycles. The van der Waals surface area contributed by atoms with Gasteiger partial charge in [0.05, 0.1) is 0 Å². The van der Waals surface area contributed by atoms with Crippen molar-refractivity contribution in [2.75, 3.05) is 10.6 Å². The molecule has 3 rings (SSSR count). The number of aryl methyl sites for hydroxylation is 1. The predicted molar refractivity (Wildman–Crippen MR) is 98.6 cm³/mol. The van der Waals surface area contributed by atoms with Crippen LogP contribution in [0.4, 0.5) is 16.2 Å². The summed E-state index contributed by atoms with van der Waals surface area (Å²) in [6, 6.07) is 18.7. The Balaban J connectivity index is 1.70. The summed E-state index contributed by atoms with van der Waals surface area (Å²) in [7, 11) is 0. The maximum absolute atomic E-state index is 12.1. The van der Waals surface area contributed by atoms with E-state index in [9.17, 15) is 4.79 Å². The van der Waals surface area contributed by atoms with Gasteiger partial charge in [0.2, 0.25) is 0 Å². The summed E-state index contributed by atoms with van der Waals surface area (Å²) in [5.74, 6) is 0. The molecule has 0 spiro atoms. The number of thiophene rings is 1. The van der Waals surface area contributed by atoms with Gasteiger partial charge in [0.15, 0.2) is 0 Å². The van der Waals surface area contributed by atoms with Crippen molar-refractivity contribution in [2.24, 2.45) is 0 Å². The van der Waals surface area contributed by atoms with Gasteiger partial charge in [-0.1, -0.05) is 23.7 Å². The van der Waals surface area contributed by atoms with Gasteiger partial charge in [0.25, 0.3) is 0 Å². The molecule has 23 heavy (non-hydrogen) atoms. The number of amides is 2. The molecule has 3 aromatic rings. The summed E-state index contributed by atoms with van der Waals surface area (Å²) >= 11 is 7.56. The molecule has 0 saturated carbocycles. The molecule has 1 heterocycles. The molecular weight excluding hydrogens is 328 g/mol. The van der Waals surface area contributed by atoms with Gasteiger partial charge in [-0.3, -0.25) is 0 Å². The van der Waals surface area contributed by atoms with Crippen LogP contribution in [0.2, 0.25) is 5.02 Å². The van der Waals surface area contributed by atoms with Crippen molar-refractivity contribution < 1.29 is 4.79 Å². The van der Waals surface area contributed by atoms with Gasteiger partial charge in [-0.2, -0.15) is 0 Å². The highest BCUT2D eigenvalue weighted by Crippen LogP contribution is 2.29. The third-order valence-electron chi connectivity index (χ3n) is 3.25. The topological polar surface area (TPSA) is 41.1 Å². The Morgan fingerprint density at radius 3 is 2.39 bits per heavy atom. The molecule has 0 unspecified atom stereocenters. The van der Waals surface area contributed by atoms with E-state index in [4.69, 9.17) is 11.6 Å². The lowest BCUT2D eigenvalue weighted by Crippen LogP contribution is -2.19. The summed E-state index contributed by atoms with van der Waals surface area (Å²) in [4.78, 5) is 14.5. The van der Waals surface area contributed by atoms with Gasteiger partial charge >= 0.3 is 6.03 Å². The highest BCUT2D eigenvalue weighted by molar-refractivity contribution is 7.15. The Morgan fingerprint density at radius 2 is 1.70 bits per heavy atom. The summed E-state index contributed by atoms with van der Waals surface area (Å²) < 4.78 is 0. The Labute approximate surface area is 143 Å². The van der Waals surface area contributed by atoms with Gasteiger partial charge in [0.1, 0.15) is 0 Å². The molecule has 0 bridgehead atoms. The number of urea groups is 1. The van der Waals surface area contributed by atoms with E-state index in [2.05, 4.69) is 29.7 Å². The molecule has 0 aliphatic heterocycles. The normalized spacial score (nSPS) is 10.3. The smallest absolute Gasteiger partial charge is 0.308 e. The van der Waals surface area contributed by atoms with E-state index >= 15 is 0 Å². The molecule has 3 nitrogen and oxygen atoms in total. The zero-order valence-corrected chi connectivity index (χ0v) is 14.0.